The molecule has 0 bridgehead atoms. The lowest BCUT2D eigenvalue weighted by Crippen LogP contribution is -2.25. The van der Waals surface area contributed by atoms with E-state index >= 15 is 0 Å². The van der Waals surface area contributed by atoms with Crippen LogP contribution in [0.1, 0.15) is 10.4 Å². The summed E-state index contributed by atoms with van der Waals surface area (Å²) in [7, 11) is 0. The molecular formula is C20H12Cl2N2OS. The maximum Gasteiger partial charge on any atom is 0.264 e. The molecule has 0 atom stereocenters. The number of hydrogen-bond acceptors (Lipinski definition) is 3. The minimum Gasteiger partial charge on any atom is -0.268 e. The Hall–Kier alpha value is -2.40. The van der Waals surface area contributed by atoms with E-state index in [1.54, 1.807) is 41.3 Å². The smallest absolute Gasteiger partial charge is 0.264 e. The number of carbonyl (C=O) groups excluding carboxylic acids is 1. The fraction of sp³-hybridized carbons (Fsp3) is 0. The molecule has 0 fully saturated rings. The van der Waals surface area contributed by atoms with E-state index in [1.807, 2.05) is 36.4 Å². The summed E-state index contributed by atoms with van der Waals surface area (Å²) in [4.78, 5) is 19.5. The van der Waals surface area contributed by atoms with Gasteiger partial charge in [-0.1, -0.05) is 46.7 Å². The molecule has 4 aromatic rings. The highest BCUT2D eigenvalue weighted by Gasteiger charge is 2.23. The van der Waals surface area contributed by atoms with Gasteiger partial charge in [0.2, 0.25) is 0 Å². The standard InChI is InChI=1S/C20H12Cl2N2OS/c21-14-7-5-13(6-8-14)19(25)24(16-11-9-15(22)10-12-16)20-23-17-3-1-2-4-18(17)26-20/h1-12H. The normalized spacial score (nSPS) is 10.8. The zero-order chi connectivity index (χ0) is 18.1. The number of hydrogen-bond donors (Lipinski definition) is 0. The average Bonchev–Trinajstić information content (AvgIpc) is 3.07. The lowest BCUT2D eigenvalue weighted by molar-refractivity contribution is 0.0999. The molecule has 26 heavy (non-hydrogen) atoms. The van der Waals surface area contributed by atoms with Gasteiger partial charge in [0.1, 0.15) is 0 Å². The number of fused-ring (bicyclic) bond motifs is 1. The van der Waals surface area contributed by atoms with Gasteiger partial charge in [0, 0.05) is 15.6 Å². The van der Waals surface area contributed by atoms with Crippen molar-refractivity contribution < 1.29 is 4.79 Å². The fourth-order valence-electron chi connectivity index (χ4n) is 2.58. The molecule has 0 N–H and O–H groups in total. The molecule has 4 rings (SSSR count). The number of carbonyl (C=O) groups is 1. The summed E-state index contributed by atoms with van der Waals surface area (Å²) >= 11 is 13.4. The monoisotopic (exact) mass is 398 g/mol. The Balaban J connectivity index is 1.84. The molecule has 3 aromatic carbocycles. The van der Waals surface area contributed by atoms with Crippen molar-refractivity contribution in [2.24, 2.45) is 0 Å². The number of rotatable bonds is 3. The number of aromatic nitrogens is 1. The van der Waals surface area contributed by atoms with Crippen LogP contribution < -0.4 is 4.90 Å². The van der Waals surface area contributed by atoms with Gasteiger partial charge in [-0.25, -0.2) is 4.98 Å². The molecule has 0 aliphatic heterocycles. The molecule has 1 heterocycles. The third-order valence-electron chi connectivity index (χ3n) is 3.85. The maximum atomic E-state index is 13.2. The first-order chi connectivity index (χ1) is 12.6. The molecule has 1 amide bonds. The van der Waals surface area contributed by atoms with E-state index in [9.17, 15) is 4.79 Å². The second kappa shape index (κ2) is 7.08. The van der Waals surface area contributed by atoms with Crippen LogP contribution in [0.2, 0.25) is 10.0 Å². The lowest BCUT2D eigenvalue weighted by Gasteiger charge is -2.20. The Morgan fingerprint density at radius 2 is 1.46 bits per heavy atom. The van der Waals surface area contributed by atoms with Gasteiger partial charge in [0.15, 0.2) is 5.13 Å². The van der Waals surface area contributed by atoms with E-state index in [4.69, 9.17) is 23.2 Å². The first-order valence-corrected chi connectivity index (χ1v) is 9.40. The van der Waals surface area contributed by atoms with Crippen LogP contribution in [0, 0.1) is 0 Å². The Morgan fingerprint density at radius 1 is 0.846 bits per heavy atom. The second-order valence-electron chi connectivity index (χ2n) is 5.59. The number of para-hydroxylation sites is 1. The van der Waals surface area contributed by atoms with Crippen molar-refractivity contribution in [3.63, 3.8) is 0 Å². The van der Waals surface area contributed by atoms with Crippen LogP contribution in [-0.2, 0) is 0 Å². The molecular weight excluding hydrogens is 387 g/mol. The van der Waals surface area contributed by atoms with Gasteiger partial charge in [0.25, 0.3) is 5.91 Å². The van der Waals surface area contributed by atoms with Gasteiger partial charge in [0.05, 0.1) is 15.9 Å². The van der Waals surface area contributed by atoms with Crippen LogP contribution in [0.15, 0.2) is 72.8 Å². The summed E-state index contributed by atoms with van der Waals surface area (Å²) in [5.74, 6) is -0.178. The third-order valence-corrected chi connectivity index (χ3v) is 5.38. The van der Waals surface area contributed by atoms with E-state index in [-0.39, 0.29) is 5.91 Å². The fourth-order valence-corrected chi connectivity index (χ4v) is 3.82. The molecule has 0 aliphatic carbocycles. The summed E-state index contributed by atoms with van der Waals surface area (Å²) in [6.45, 7) is 0. The number of anilines is 2. The SMILES string of the molecule is O=C(c1ccc(Cl)cc1)N(c1ccc(Cl)cc1)c1nc2ccccc2s1. The largest absolute Gasteiger partial charge is 0.268 e. The summed E-state index contributed by atoms with van der Waals surface area (Å²) < 4.78 is 1.02. The van der Waals surface area contributed by atoms with Crippen LogP contribution in [-0.4, -0.2) is 10.9 Å². The van der Waals surface area contributed by atoms with Crippen molar-refractivity contribution in [1.29, 1.82) is 0 Å². The lowest BCUT2D eigenvalue weighted by atomic mass is 10.2. The Kier molecular flexibility index (Phi) is 4.64. The minimum absolute atomic E-state index is 0.178. The molecule has 0 spiro atoms. The number of benzene rings is 3. The van der Waals surface area contributed by atoms with Gasteiger partial charge in [-0.15, -0.1) is 0 Å². The highest BCUT2D eigenvalue weighted by Crippen LogP contribution is 2.35. The van der Waals surface area contributed by atoms with Gasteiger partial charge < -0.3 is 0 Å². The van der Waals surface area contributed by atoms with Crippen molar-refractivity contribution in [3.05, 3.63) is 88.4 Å². The number of thiazole rings is 1. The maximum absolute atomic E-state index is 13.2. The van der Waals surface area contributed by atoms with Gasteiger partial charge in [-0.05, 0) is 60.7 Å². The van der Waals surface area contributed by atoms with E-state index in [1.165, 1.54) is 11.3 Å². The Labute approximate surface area is 164 Å². The molecule has 128 valence electrons. The molecule has 0 aliphatic rings. The Morgan fingerprint density at radius 3 is 2.12 bits per heavy atom. The number of amides is 1. The summed E-state index contributed by atoms with van der Waals surface area (Å²) in [5.41, 5.74) is 2.09. The second-order valence-corrected chi connectivity index (χ2v) is 7.47. The van der Waals surface area contributed by atoms with E-state index < -0.39 is 0 Å². The highest BCUT2D eigenvalue weighted by atomic mass is 35.5. The predicted octanol–water partition coefficient (Wildman–Crippen LogP) is 6.58. The van der Waals surface area contributed by atoms with Crippen molar-refractivity contribution >= 4 is 61.5 Å². The molecule has 0 saturated carbocycles. The summed E-state index contributed by atoms with van der Waals surface area (Å²) in [6.07, 6.45) is 0. The van der Waals surface area contributed by atoms with Crippen molar-refractivity contribution in [1.82, 2.24) is 4.98 Å². The van der Waals surface area contributed by atoms with Crippen LogP contribution in [0.25, 0.3) is 10.2 Å². The average molecular weight is 399 g/mol. The number of halogens is 2. The van der Waals surface area contributed by atoms with E-state index in [2.05, 4.69) is 4.98 Å². The molecule has 0 unspecified atom stereocenters. The summed E-state index contributed by atoms with van der Waals surface area (Å²) in [5, 5.41) is 1.80. The van der Waals surface area contributed by atoms with Crippen LogP contribution in [0.3, 0.4) is 0 Å². The van der Waals surface area contributed by atoms with Crippen LogP contribution >= 0.6 is 34.5 Å². The molecule has 6 heteroatoms. The first kappa shape index (κ1) is 17.0. The minimum atomic E-state index is -0.178. The Bertz CT molecular complexity index is 1040. The third kappa shape index (κ3) is 3.31. The predicted molar refractivity (Wildman–Crippen MR) is 109 cm³/mol. The zero-order valence-corrected chi connectivity index (χ0v) is 15.7. The quantitative estimate of drug-likeness (QED) is 0.390. The van der Waals surface area contributed by atoms with Crippen LogP contribution in [0.4, 0.5) is 10.8 Å². The van der Waals surface area contributed by atoms with E-state index in [0.717, 1.165) is 10.2 Å². The first-order valence-electron chi connectivity index (χ1n) is 7.83. The summed E-state index contributed by atoms with van der Waals surface area (Å²) in [6, 6.07) is 21.8. The van der Waals surface area contributed by atoms with Crippen molar-refractivity contribution in [2.75, 3.05) is 4.90 Å². The highest BCUT2D eigenvalue weighted by molar-refractivity contribution is 7.22. The van der Waals surface area contributed by atoms with Gasteiger partial charge in [-0.3, -0.25) is 9.69 Å². The van der Waals surface area contributed by atoms with E-state index in [0.29, 0.717) is 26.4 Å². The molecule has 3 nitrogen and oxygen atoms in total. The molecule has 0 radical (unpaired) electrons. The molecule has 1 aromatic heterocycles. The van der Waals surface area contributed by atoms with Crippen LogP contribution in [0.5, 0.6) is 0 Å². The van der Waals surface area contributed by atoms with Crippen molar-refractivity contribution in [2.45, 2.75) is 0 Å². The number of nitrogens with zero attached hydrogens (tertiary/aromatic N) is 2. The molecule has 0 saturated heterocycles. The van der Waals surface area contributed by atoms with Gasteiger partial charge in [-0.2, -0.15) is 0 Å². The topological polar surface area (TPSA) is 33.2 Å². The van der Waals surface area contributed by atoms with Crippen molar-refractivity contribution in [3.8, 4) is 0 Å². The van der Waals surface area contributed by atoms with Gasteiger partial charge >= 0.3 is 0 Å². The zero-order valence-electron chi connectivity index (χ0n) is 13.4.